The lowest BCUT2D eigenvalue weighted by Crippen LogP contribution is -2.30. The number of hydrogen-bond acceptors (Lipinski definition) is 16. The maximum atomic E-state index is 12.7. The average molecular weight is 1010 g/mol. The van der Waals surface area contributed by atoms with Gasteiger partial charge in [-0.3, -0.25) is 14.4 Å². The van der Waals surface area contributed by atoms with Gasteiger partial charge in [0.2, 0.25) is 11.8 Å². The van der Waals surface area contributed by atoms with Crippen LogP contribution in [-0.2, 0) is 62.7 Å². The molecule has 0 saturated carbocycles. The second kappa shape index (κ2) is 35.2. The Labute approximate surface area is 426 Å². The van der Waals surface area contributed by atoms with Gasteiger partial charge in [-0.05, 0) is 96.3 Å². The maximum Gasteiger partial charge on any atom is 0.338 e. The zero-order chi connectivity index (χ0) is 54.9. The number of amides is 2. The summed E-state index contributed by atoms with van der Waals surface area (Å²) in [5.74, 6) is -2.36. The molecule has 0 spiro atoms. The minimum atomic E-state index is -0.713. The van der Waals surface area contributed by atoms with Crippen molar-refractivity contribution in [1.29, 1.82) is 0 Å². The highest BCUT2D eigenvalue weighted by Gasteiger charge is 2.28. The van der Waals surface area contributed by atoms with Crippen molar-refractivity contribution in [3.8, 4) is 0 Å². The standard InChI is InChI=1S/C26H37NO9.C19H27NO5.C9H16O2/c1-8-26(6,7)25(30)27-22-14-20(23(28)31-9-11-33-35-16-18(2)3)13-21(15-22)24(29)32-10-12-34-36-17-19(4)5;1-6-19(4,5)18(22)20-16-9-7-15(8-10-16)17(21)23-11-12-24-25-13-14(2)3;1-5-7-11-8(10)9(3,4)6-2/h13-15H,2,4,8-12,16-17H2,1,3,5-7H3,(H,27,30);7-10H,2,6,11-13H2,1,3-5H3,(H,20,22);5H,1,6-7H2,2-4H3. The Bertz CT molecular complexity index is 2020. The number of ether oxygens (including phenoxy) is 4. The molecule has 402 valence electrons. The van der Waals surface area contributed by atoms with Crippen LogP contribution in [0, 0.1) is 16.2 Å². The van der Waals surface area contributed by atoms with Crippen LogP contribution in [0.1, 0.15) is 133 Å². The summed E-state index contributed by atoms with van der Waals surface area (Å²) in [4.78, 5) is 102. The van der Waals surface area contributed by atoms with Gasteiger partial charge in [0.1, 0.15) is 66.1 Å². The zero-order valence-electron chi connectivity index (χ0n) is 44.7. The lowest BCUT2D eigenvalue weighted by atomic mass is 9.89. The first kappa shape index (κ1) is 66.0. The summed E-state index contributed by atoms with van der Waals surface area (Å²) >= 11 is 0. The molecule has 18 nitrogen and oxygen atoms in total. The van der Waals surface area contributed by atoms with Crippen LogP contribution in [0.5, 0.6) is 0 Å². The summed E-state index contributed by atoms with van der Waals surface area (Å²) in [7, 11) is 0. The number of anilines is 2. The monoisotopic (exact) mass is 1010 g/mol. The first-order valence-electron chi connectivity index (χ1n) is 23.6. The van der Waals surface area contributed by atoms with Crippen molar-refractivity contribution in [1.82, 2.24) is 0 Å². The normalized spacial score (nSPS) is 11.0. The van der Waals surface area contributed by atoms with Gasteiger partial charge in [0.25, 0.3) is 0 Å². The van der Waals surface area contributed by atoms with Crippen LogP contribution in [0.25, 0.3) is 0 Å². The molecule has 0 fully saturated rings. The minimum Gasteiger partial charge on any atom is -0.461 e. The number of esters is 4. The fraction of sp³-hybridized carbons (Fsp3) is 0.519. The Balaban J connectivity index is 0.00000120. The summed E-state index contributed by atoms with van der Waals surface area (Å²) in [5, 5.41) is 5.59. The molecular weight excluding hydrogens is 933 g/mol. The van der Waals surface area contributed by atoms with Gasteiger partial charge in [-0.1, -0.05) is 97.6 Å². The molecule has 2 rings (SSSR count). The largest absolute Gasteiger partial charge is 0.461 e. The molecule has 0 unspecified atom stereocenters. The van der Waals surface area contributed by atoms with E-state index in [1.54, 1.807) is 58.0 Å². The van der Waals surface area contributed by atoms with Gasteiger partial charge in [0.05, 0.1) is 22.1 Å². The van der Waals surface area contributed by atoms with Gasteiger partial charge < -0.3 is 29.6 Å². The van der Waals surface area contributed by atoms with Gasteiger partial charge in [-0.15, -0.1) is 0 Å². The number of carbonyl (C=O) groups is 6. The fourth-order valence-corrected chi connectivity index (χ4v) is 4.38. The van der Waals surface area contributed by atoms with Crippen molar-refractivity contribution in [2.45, 2.75) is 102 Å². The molecule has 0 saturated heterocycles. The number of rotatable bonds is 31. The summed E-state index contributed by atoms with van der Waals surface area (Å²) in [6, 6.07) is 10.7. The van der Waals surface area contributed by atoms with Crippen LogP contribution in [0.15, 0.2) is 91.6 Å². The zero-order valence-corrected chi connectivity index (χ0v) is 44.7. The van der Waals surface area contributed by atoms with Crippen LogP contribution in [-0.4, -0.2) is 102 Å². The Morgan fingerprint density at radius 3 is 1.15 bits per heavy atom. The van der Waals surface area contributed by atoms with Gasteiger partial charge in [0, 0.05) is 22.2 Å². The first-order chi connectivity index (χ1) is 33.8. The number of benzene rings is 2. The second-order valence-electron chi connectivity index (χ2n) is 18.4. The molecule has 0 radical (unpaired) electrons. The number of hydrogen-bond donors (Lipinski definition) is 2. The van der Waals surface area contributed by atoms with E-state index in [2.05, 4.69) is 36.9 Å². The van der Waals surface area contributed by atoms with Crippen LogP contribution in [0.3, 0.4) is 0 Å². The van der Waals surface area contributed by atoms with Crippen LogP contribution >= 0.6 is 0 Å². The maximum absolute atomic E-state index is 12.7. The summed E-state index contributed by atoms with van der Waals surface area (Å²) in [6.45, 7) is 37.9. The van der Waals surface area contributed by atoms with E-state index in [9.17, 15) is 28.8 Å². The highest BCUT2D eigenvalue weighted by atomic mass is 17.2. The predicted molar refractivity (Wildman–Crippen MR) is 275 cm³/mol. The van der Waals surface area contributed by atoms with E-state index in [4.69, 9.17) is 48.3 Å². The van der Waals surface area contributed by atoms with E-state index >= 15 is 0 Å². The van der Waals surface area contributed by atoms with E-state index in [1.807, 2.05) is 55.4 Å². The minimum absolute atomic E-state index is 0.00246. The average Bonchev–Trinajstić information content (AvgIpc) is 3.33. The van der Waals surface area contributed by atoms with Crippen molar-refractivity contribution < 1.29 is 77.0 Å². The predicted octanol–water partition coefficient (Wildman–Crippen LogP) is 10.3. The molecule has 2 amide bonds. The molecule has 0 aromatic heterocycles. The molecule has 2 N–H and O–H groups in total. The van der Waals surface area contributed by atoms with Crippen molar-refractivity contribution in [2.75, 3.05) is 76.7 Å². The third kappa shape index (κ3) is 28.7. The smallest absolute Gasteiger partial charge is 0.338 e. The Hall–Kier alpha value is -6.02. The Morgan fingerprint density at radius 1 is 0.472 bits per heavy atom. The highest BCUT2D eigenvalue weighted by molar-refractivity contribution is 6.01. The summed E-state index contributed by atoms with van der Waals surface area (Å²) in [5.41, 5.74) is 2.35. The molecule has 0 heterocycles. The van der Waals surface area contributed by atoms with Crippen LogP contribution in [0.4, 0.5) is 11.4 Å². The molecule has 0 bridgehead atoms. The molecule has 2 aromatic rings. The van der Waals surface area contributed by atoms with Gasteiger partial charge in [0.15, 0.2) is 0 Å². The van der Waals surface area contributed by atoms with Crippen molar-refractivity contribution >= 4 is 47.1 Å². The number of carbonyl (C=O) groups excluding carboxylic acids is 6. The van der Waals surface area contributed by atoms with Crippen LogP contribution in [0.2, 0.25) is 0 Å². The van der Waals surface area contributed by atoms with Gasteiger partial charge in [-0.2, -0.15) is 0 Å². The van der Waals surface area contributed by atoms with E-state index < -0.39 is 28.7 Å². The summed E-state index contributed by atoms with van der Waals surface area (Å²) in [6.07, 6.45) is 3.70. The first-order valence-corrected chi connectivity index (χ1v) is 23.6. The van der Waals surface area contributed by atoms with Gasteiger partial charge >= 0.3 is 23.9 Å². The van der Waals surface area contributed by atoms with Crippen molar-refractivity contribution in [2.24, 2.45) is 16.2 Å². The van der Waals surface area contributed by atoms with Crippen LogP contribution < -0.4 is 10.6 Å². The molecule has 0 aliphatic rings. The second-order valence-corrected chi connectivity index (χ2v) is 18.4. The molecule has 18 heteroatoms. The molecule has 0 aliphatic heterocycles. The van der Waals surface area contributed by atoms with Gasteiger partial charge in [-0.25, -0.2) is 43.7 Å². The molecule has 2 aromatic carbocycles. The lowest BCUT2D eigenvalue weighted by Gasteiger charge is -2.22. The third-order valence-corrected chi connectivity index (χ3v) is 10.2. The number of nitrogens with one attached hydrogen (secondary N) is 2. The molecular formula is C54H80N2O16. The Kier molecular flexibility index (Phi) is 32.2. The van der Waals surface area contributed by atoms with E-state index in [-0.39, 0.29) is 92.9 Å². The van der Waals surface area contributed by atoms with E-state index in [0.717, 1.165) is 29.6 Å². The van der Waals surface area contributed by atoms with Crippen molar-refractivity contribution in [3.05, 3.63) is 108 Å². The topological polar surface area (TPSA) is 219 Å². The van der Waals surface area contributed by atoms with Crippen molar-refractivity contribution in [3.63, 3.8) is 0 Å². The lowest BCUT2D eigenvalue weighted by molar-refractivity contribution is -0.291. The van der Waals surface area contributed by atoms with E-state index in [0.29, 0.717) is 30.9 Å². The Morgan fingerprint density at radius 2 is 0.819 bits per heavy atom. The fourth-order valence-electron chi connectivity index (χ4n) is 4.38. The highest BCUT2D eigenvalue weighted by Crippen LogP contribution is 2.25. The molecule has 0 atom stereocenters. The molecule has 0 aliphatic carbocycles. The SMILES string of the molecule is C=C(C)COOCCOC(=O)c1cc(NC(=O)C(C)(C)CC)cc(C(=O)OCCOOCC(=C)C)c1.C=C(C)COOCCOC(=O)c1ccc(NC(=O)C(C)(C)CC)cc1.C=CCOC(=O)C(C)(C)CC. The molecule has 72 heavy (non-hydrogen) atoms. The third-order valence-electron chi connectivity index (χ3n) is 10.2. The van der Waals surface area contributed by atoms with E-state index in [1.165, 1.54) is 18.2 Å². The summed E-state index contributed by atoms with van der Waals surface area (Å²) < 4.78 is 20.3. The quantitative estimate of drug-likeness (QED) is 0.0179.